The molecule has 5 nitrogen and oxygen atoms in total. The summed E-state index contributed by atoms with van der Waals surface area (Å²) in [6.45, 7) is 2.55. The van der Waals surface area contributed by atoms with Gasteiger partial charge in [-0.1, -0.05) is 31.6 Å². The summed E-state index contributed by atoms with van der Waals surface area (Å²) in [6, 6.07) is 7.15. The molecule has 23 heavy (non-hydrogen) atoms. The van der Waals surface area contributed by atoms with Gasteiger partial charge in [0.25, 0.3) is 5.91 Å². The van der Waals surface area contributed by atoms with Crippen molar-refractivity contribution in [2.45, 2.75) is 45.4 Å². The van der Waals surface area contributed by atoms with E-state index in [0.29, 0.717) is 18.5 Å². The SMILES string of the molecule is CCCCCC#Cc1ccc(C(=O)NCCCC(=O)NO)cc1. The summed E-state index contributed by atoms with van der Waals surface area (Å²) in [7, 11) is 0. The van der Waals surface area contributed by atoms with Gasteiger partial charge in [0.15, 0.2) is 0 Å². The number of hydroxylamine groups is 1. The predicted octanol–water partition coefficient (Wildman–Crippen LogP) is 2.63. The molecule has 0 saturated carbocycles. The van der Waals surface area contributed by atoms with E-state index in [1.165, 1.54) is 12.8 Å². The minimum Gasteiger partial charge on any atom is -0.352 e. The molecule has 0 aliphatic rings. The van der Waals surface area contributed by atoms with Gasteiger partial charge in [-0.15, -0.1) is 0 Å². The van der Waals surface area contributed by atoms with E-state index in [2.05, 4.69) is 24.1 Å². The van der Waals surface area contributed by atoms with E-state index in [1.54, 1.807) is 17.6 Å². The van der Waals surface area contributed by atoms with E-state index in [4.69, 9.17) is 5.21 Å². The Morgan fingerprint density at radius 3 is 2.52 bits per heavy atom. The van der Waals surface area contributed by atoms with Crippen molar-refractivity contribution in [1.29, 1.82) is 0 Å². The molecule has 0 aliphatic carbocycles. The Kier molecular flexibility index (Phi) is 9.18. The van der Waals surface area contributed by atoms with Gasteiger partial charge < -0.3 is 5.32 Å². The number of unbranched alkanes of at least 4 members (excludes halogenated alkanes) is 3. The third-order valence-corrected chi connectivity index (χ3v) is 3.28. The van der Waals surface area contributed by atoms with E-state index in [1.807, 2.05) is 12.1 Å². The third-order valence-electron chi connectivity index (χ3n) is 3.28. The summed E-state index contributed by atoms with van der Waals surface area (Å²) in [5, 5.41) is 11.1. The van der Waals surface area contributed by atoms with Crippen LogP contribution in [-0.2, 0) is 4.79 Å². The van der Waals surface area contributed by atoms with E-state index in [9.17, 15) is 9.59 Å². The zero-order valence-electron chi connectivity index (χ0n) is 13.5. The molecule has 0 aliphatic heterocycles. The van der Waals surface area contributed by atoms with Crippen molar-refractivity contribution in [1.82, 2.24) is 10.8 Å². The Morgan fingerprint density at radius 1 is 1.13 bits per heavy atom. The number of carbonyl (C=O) groups is 2. The van der Waals surface area contributed by atoms with Gasteiger partial charge in [-0.05, 0) is 37.1 Å². The summed E-state index contributed by atoms with van der Waals surface area (Å²) < 4.78 is 0. The molecule has 0 bridgehead atoms. The van der Waals surface area contributed by atoms with Crippen LogP contribution in [0.5, 0.6) is 0 Å². The summed E-state index contributed by atoms with van der Waals surface area (Å²) in [5.74, 6) is 5.58. The number of hydrogen-bond acceptors (Lipinski definition) is 3. The third kappa shape index (κ3) is 8.03. The molecule has 0 saturated heterocycles. The van der Waals surface area contributed by atoms with E-state index >= 15 is 0 Å². The lowest BCUT2D eigenvalue weighted by Gasteiger charge is -2.04. The summed E-state index contributed by atoms with van der Waals surface area (Å²) >= 11 is 0. The second kappa shape index (κ2) is 11.3. The highest BCUT2D eigenvalue weighted by Crippen LogP contribution is 2.04. The van der Waals surface area contributed by atoms with Gasteiger partial charge in [0.05, 0.1) is 0 Å². The molecule has 0 fully saturated rings. The van der Waals surface area contributed by atoms with Crippen molar-refractivity contribution >= 4 is 11.8 Å². The van der Waals surface area contributed by atoms with Crippen molar-refractivity contribution < 1.29 is 14.8 Å². The molecular weight excluding hydrogens is 292 g/mol. The molecule has 0 radical (unpaired) electrons. The second-order valence-corrected chi connectivity index (χ2v) is 5.23. The van der Waals surface area contributed by atoms with Gasteiger partial charge in [-0.2, -0.15) is 0 Å². The van der Waals surface area contributed by atoms with Crippen LogP contribution in [-0.4, -0.2) is 23.6 Å². The first-order chi connectivity index (χ1) is 11.2. The average Bonchev–Trinajstić information content (AvgIpc) is 2.58. The van der Waals surface area contributed by atoms with Gasteiger partial charge >= 0.3 is 0 Å². The number of amides is 2. The van der Waals surface area contributed by atoms with Crippen LogP contribution in [0.1, 0.15) is 61.4 Å². The van der Waals surface area contributed by atoms with Crippen LogP contribution in [0.3, 0.4) is 0 Å². The Hall–Kier alpha value is -2.32. The molecule has 0 aromatic heterocycles. The molecule has 0 heterocycles. The molecule has 3 N–H and O–H groups in total. The molecule has 0 atom stereocenters. The zero-order chi connectivity index (χ0) is 16.9. The maximum atomic E-state index is 11.9. The lowest BCUT2D eigenvalue weighted by Crippen LogP contribution is -2.26. The Labute approximate surface area is 137 Å². The normalized spacial score (nSPS) is 9.65. The molecule has 2 amide bonds. The maximum absolute atomic E-state index is 11.9. The minimum absolute atomic E-state index is 0.170. The lowest BCUT2D eigenvalue weighted by atomic mass is 10.1. The van der Waals surface area contributed by atoms with Crippen molar-refractivity contribution in [3.63, 3.8) is 0 Å². The summed E-state index contributed by atoms with van der Waals surface area (Å²) in [4.78, 5) is 22.7. The lowest BCUT2D eigenvalue weighted by molar-refractivity contribution is -0.129. The molecule has 1 aromatic carbocycles. The van der Waals surface area contributed by atoms with Gasteiger partial charge in [0.2, 0.25) is 5.91 Å². The van der Waals surface area contributed by atoms with Gasteiger partial charge in [0.1, 0.15) is 0 Å². The highest BCUT2D eigenvalue weighted by molar-refractivity contribution is 5.94. The highest BCUT2D eigenvalue weighted by Gasteiger charge is 2.05. The van der Waals surface area contributed by atoms with Gasteiger partial charge in [-0.25, -0.2) is 5.48 Å². The first-order valence-electron chi connectivity index (χ1n) is 7.97. The van der Waals surface area contributed by atoms with Crippen LogP contribution >= 0.6 is 0 Å². The standard InChI is InChI=1S/C18H24N2O3/c1-2-3-4-5-6-8-15-10-12-16(13-11-15)18(22)19-14-7-9-17(21)20-23/h10-13,23H,2-5,7,9,14H2,1H3,(H,19,22)(H,20,21). The molecule has 0 unspecified atom stereocenters. The molecule has 5 heteroatoms. The minimum atomic E-state index is -0.457. The zero-order valence-corrected chi connectivity index (χ0v) is 13.5. The monoisotopic (exact) mass is 316 g/mol. The fraction of sp³-hybridized carbons (Fsp3) is 0.444. The molecule has 1 rings (SSSR count). The molecule has 124 valence electrons. The largest absolute Gasteiger partial charge is 0.352 e. The number of benzene rings is 1. The first kappa shape index (κ1) is 18.7. The summed E-state index contributed by atoms with van der Waals surface area (Å²) in [5.41, 5.74) is 3.02. The topological polar surface area (TPSA) is 78.4 Å². The van der Waals surface area contributed by atoms with Crippen molar-refractivity contribution in [2.75, 3.05) is 6.54 Å². The quantitative estimate of drug-likeness (QED) is 0.298. The van der Waals surface area contributed by atoms with Crippen LogP contribution in [0.4, 0.5) is 0 Å². The van der Waals surface area contributed by atoms with Crippen LogP contribution in [0.25, 0.3) is 0 Å². The second-order valence-electron chi connectivity index (χ2n) is 5.23. The average molecular weight is 316 g/mol. The Balaban J connectivity index is 2.37. The van der Waals surface area contributed by atoms with Crippen LogP contribution < -0.4 is 10.8 Å². The van der Waals surface area contributed by atoms with Crippen LogP contribution in [0, 0.1) is 11.8 Å². The molecule has 0 spiro atoms. The smallest absolute Gasteiger partial charge is 0.251 e. The number of hydrogen-bond donors (Lipinski definition) is 3. The number of carbonyl (C=O) groups excluding carboxylic acids is 2. The van der Waals surface area contributed by atoms with Crippen LogP contribution in [0.15, 0.2) is 24.3 Å². The van der Waals surface area contributed by atoms with Crippen molar-refractivity contribution in [2.24, 2.45) is 0 Å². The Bertz CT molecular complexity index is 556. The Morgan fingerprint density at radius 2 is 1.87 bits per heavy atom. The summed E-state index contributed by atoms with van der Waals surface area (Å²) in [6.07, 6.45) is 5.06. The number of nitrogens with one attached hydrogen (secondary N) is 2. The van der Waals surface area contributed by atoms with Crippen molar-refractivity contribution in [3.8, 4) is 11.8 Å². The fourth-order valence-electron chi connectivity index (χ4n) is 1.94. The van der Waals surface area contributed by atoms with Gasteiger partial charge in [-0.3, -0.25) is 14.8 Å². The van der Waals surface area contributed by atoms with E-state index in [-0.39, 0.29) is 12.3 Å². The van der Waals surface area contributed by atoms with Crippen LogP contribution in [0.2, 0.25) is 0 Å². The maximum Gasteiger partial charge on any atom is 0.251 e. The highest BCUT2D eigenvalue weighted by atomic mass is 16.5. The van der Waals surface area contributed by atoms with Gasteiger partial charge in [0, 0.05) is 30.5 Å². The first-order valence-corrected chi connectivity index (χ1v) is 7.97. The van der Waals surface area contributed by atoms with Crippen molar-refractivity contribution in [3.05, 3.63) is 35.4 Å². The fourth-order valence-corrected chi connectivity index (χ4v) is 1.94. The molecule has 1 aromatic rings. The molecular formula is C18H24N2O3. The number of rotatable bonds is 8. The van der Waals surface area contributed by atoms with E-state index in [0.717, 1.165) is 18.4 Å². The van der Waals surface area contributed by atoms with E-state index < -0.39 is 5.91 Å². The predicted molar refractivity (Wildman–Crippen MR) is 89.0 cm³/mol.